The summed E-state index contributed by atoms with van der Waals surface area (Å²) in [5.41, 5.74) is 4.15. The van der Waals surface area contributed by atoms with Crippen molar-refractivity contribution in [3.05, 3.63) is 79.6 Å². The Kier molecular flexibility index (Phi) is 7.14. The Labute approximate surface area is 209 Å². The molecule has 1 atom stereocenters. The van der Waals surface area contributed by atoms with Crippen molar-refractivity contribution in [3.63, 3.8) is 0 Å². The topological polar surface area (TPSA) is 45.4 Å². The Balaban J connectivity index is 1.43. The molecule has 0 radical (unpaired) electrons. The molecule has 0 N–H and O–H groups in total. The van der Waals surface area contributed by atoms with Crippen molar-refractivity contribution in [1.82, 2.24) is 0 Å². The van der Waals surface area contributed by atoms with Gasteiger partial charge in [0.15, 0.2) is 0 Å². The first-order chi connectivity index (χ1) is 15.7. The lowest BCUT2D eigenvalue weighted by Crippen LogP contribution is -2.26. The summed E-state index contributed by atoms with van der Waals surface area (Å²) in [6.07, 6.45) is 4.96. The van der Waals surface area contributed by atoms with Crippen LogP contribution in [0.2, 0.25) is 10.0 Å². The van der Waals surface area contributed by atoms with E-state index in [1.807, 2.05) is 42.6 Å². The number of nitrogens with zero attached hydrogens (tertiary/aromatic N) is 2. The molecule has 170 valence electrons. The van der Waals surface area contributed by atoms with Crippen LogP contribution in [0.1, 0.15) is 54.3 Å². The number of fused-ring (bicyclic) bond motifs is 1. The Morgan fingerprint density at radius 2 is 1.91 bits per heavy atom. The number of thiophene rings is 1. The van der Waals surface area contributed by atoms with Crippen molar-refractivity contribution in [2.75, 3.05) is 0 Å². The summed E-state index contributed by atoms with van der Waals surface area (Å²) in [4.78, 5) is 6.01. The zero-order chi connectivity index (χ0) is 23.6. The maximum absolute atomic E-state index is 9.76. The van der Waals surface area contributed by atoms with Crippen LogP contribution in [0.3, 0.4) is 0 Å². The minimum Gasteiger partial charge on any atom is -0.489 e. The van der Waals surface area contributed by atoms with Crippen LogP contribution in [0.5, 0.6) is 5.75 Å². The van der Waals surface area contributed by atoms with Gasteiger partial charge in [-0.25, -0.2) is 4.99 Å². The fraction of sp³-hybridized carbons (Fsp3) is 0.333. The summed E-state index contributed by atoms with van der Waals surface area (Å²) in [5, 5.41) is 11.6. The average molecular weight is 497 g/mol. The van der Waals surface area contributed by atoms with Crippen molar-refractivity contribution < 1.29 is 4.74 Å². The molecule has 3 aromatic rings. The van der Waals surface area contributed by atoms with Crippen LogP contribution in [-0.4, -0.2) is 6.21 Å². The van der Waals surface area contributed by atoms with Gasteiger partial charge in [-0.05, 0) is 83.7 Å². The molecule has 0 unspecified atom stereocenters. The zero-order valence-corrected chi connectivity index (χ0v) is 21.3. The molecular formula is C27H26Cl2N2OS. The predicted molar refractivity (Wildman–Crippen MR) is 138 cm³/mol. The van der Waals surface area contributed by atoms with Gasteiger partial charge in [0.2, 0.25) is 0 Å². The first-order valence-corrected chi connectivity index (χ1v) is 12.6. The predicted octanol–water partition coefficient (Wildman–Crippen LogP) is 8.41. The van der Waals surface area contributed by atoms with Crippen LogP contribution in [0.25, 0.3) is 0 Å². The number of nitriles is 1. The lowest BCUT2D eigenvalue weighted by atomic mass is 9.72. The smallest absolute Gasteiger partial charge is 0.134 e. The maximum atomic E-state index is 9.76. The number of halogens is 2. The molecule has 1 aliphatic rings. The Morgan fingerprint density at radius 3 is 2.58 bits per heavy atom. The highest BCUT2D eigenvalue weighted by molar-refractivity contribution is 7.16. The van der Waals surface area contributed by atoms with E-state index < -0.39 is 0 Å². The SMILES string of the molecule is CC(C)(C)[C@H]1CCc2c(sc(N=Cc3ccc(OCc4ccc(Cl)c(Cl)c4)cc3)c2C#N)C1. The molecule has 33 heavy (non-hydrogen) atoms. The first kappa shape index (κ1) is 23.8. The Hall–Kier alpha value is -2.32. The molecular weight excluding hydrogens is 471 g/mol. The van der Waals surface area contributed by atoms with Gasteiger partial charge in [-0.3, -0.25) is 0 Å². The molecule has 2 aromatic carbocycles. The van der Waals surface area contributed by atoms with Crippen LogP contribution in [-0.2, 0) is 19.4 Å². The lowest BCUT2D eigenvalue weighted by Gasteiger charge is -2.33. The third-order valence-corrected chi connectivity index (χ3v) is 8.09. The van der Waals surface area contributed by atoms with E-state index >= 15 is 0 Å². The van der Waals surface area contributed by atoms with E-state index in [1.54, 1.807) is 17.4 Å². The molecule has 0 aliphatic heterocycles. The van der Waals surface area contributed by atoms with Crippen molar-refractivity contribution in [1.29, 1.82) is 5.26 Å². The number of aliphatic imine (C=N–C) groups is 1. The van der Waals surface area contributed by atoms with Gasteiger partial charge < -0.3 is 4.74 Å². The number of hydrogen-bond acceptors (Lipinski definition) is 4. The van der Waals surface area contributed by atoms with Gasteiger partial charge in [-0.15, -0.1) is 11.3 Å². The molecule has 0 saturated carbocycles. The highest BCUT2D eigenvalue weighted by Gasteiger charge is 2.32. The van der Waals surface area contributed by atoms with Crippen molar-refractivity contribution in [2.24, 2.45) is 16.3 Å². The molecule has 0 saturated heterocycles. The first-order valence-electron chi connectivity index (χ1n) is 11.0. The van der Waals surface area contributed by atoms with Crippen molar-refractivity contribution in [3.8, 4) is 11.8 Å². The Bertz CT molecular complexity index is 1220. The van der Waals surface area contributed by atoms with Crippen LogP contribution in [0, 0.1) is 22.7 Å². The second-order valence-corrected chi connectivity index (χ2v) is 11.4. The van der Waals surface area contributed by atoms with Gasteiger partial charge in [0, 0.05) is 11.1 Å². The molecule has 0 bridgehead atoms. The normalized spacial score (nSPS) is 15.9. The number of benzene rings is 2. The zero-order valence-electron chi connectivity index (χ0n) is 19.0. The standard InChI is InChI=1S/C27H26Cl2N2OS/c1-27(2,3)19-7-10-21-22(14-30)26(33-25(21)13-19)31-15-17-4-8-20(9-5-17)32-16-18-6-11-23(28)24(29)12-18/h4-6,8-9,11-12,15,19H,7,10,13,16H2,1-3H3/t19-/m0/s1. The van der Waals surface area contributed by atoms with E-state index in [2.05, 4.69) is 31.8 Å². The van der Waals surface area contributed by atoms with Gasteiger partial charge in [0.25, 0.3) is 0 Å². The van der Waals surface area contributed by atoms with Crippen molar-refractivity contribution >= 4 is 45.8 Å². The van der Waals surface area contributed by atoms with E-state index in [0.29, 0.717) is 22.6 Å². The van der Waals surface area contributed by atoms with E-state index in [-0.39, 0.29) is 5.41 Å². The monoisotopic (exact) mass is 496 g/mol. The minimum atomic E-state index is 0.279. The largest absolute Gasteiger partial charge is 0.489 e. The van der Waals surface area contributed by atoms with E-state index in [1.165, 1.54) is 10.4 Å². The highest BCUT2D eigenvalue weighted by atomic mass is 35.5. The summed E-state index contributed by atoms with van der Waals surface area (Å²) >= 11 is 13.7. The molecule has 1 heterocycles. The van der Waals surface area contributed by atoms with Gasteiger partial charge >= 0.3 is 0 Å². The number of rotatable bonds is 5. The van der Waals surface area contributed by atoms with Crippen LogP contribution in [0.4, 0.5) is 5.00 Å². The molecule has 0 fully saturated rings. The van der Waals surface area contributed by atoms with E-state index in [9.17, 15) is 5.26 Å². The van der Waals surface area contributed by atoms with Crippen LogP contribution < -0.4 is 4.74 Å². The quantitative estimate of drug-likeness (QED) is 0.332. The summed E-state index contributed by atoms with van der Waals surface area (Å²) < 4.78 is 5.85. The van der Waals surface area contributed by atoms with Crippen molar-refractivity contribution in [2.45, 2.75) is 46.6 Å². The summed E-state index contributed by atoms with van der Waals surface area (Å²) in [6.45, 7) is 7.32. The molecule has 4 rings (SSSR count). The average Bonchev–Trinajstić information content (AvgIpc) is 3.15. The van der Waals surface area contributed by atoms with E-state index in [0.717, 1.165) is 46.7 Å². The minimum absolute atomic E-state index is 0.279. The second kappa shape index (κ2) is 9.89. The molecule has 3 nitrogen and oxygen atoms in total. The van der Waals surface area contributed by atoms with Gasteiger partial charge in [-0.2, -0.15) is 5.26 Å². The fourth-order valence-corrected chi connectivity index (χ4v) is 5.64. The third-order valence-electron chi connectivity index (χ3n) is 6.18. The summed E-state index contributed by atoms with van der Waals surface area (Å²) in [6, 6.07) is 15.6. The highest BCUT2D eigenvalue weighted by Crippen LogP contribution is 2.44. The lowest BCUT2D eigenvalue weighted by molar-refractivity contribution is 0.218. The van der Waals surface area contributed by atoms with Gasteiger partial charge in [0.1, 0.15) is 23.4 Å². The van der Waals surface area contributed by atoms with E-state index in [4.69, 9.17) is 27.9 Å². The maximum Gasteiger partial charge on any atom is 0.134 e. The second-order valence-electron chi connectivity index (χ2n) is 9.47. The van der Waals surface area contributed by atoms with Gasteiger partial charge in [0.05, 0.1) is 15.6 Å². The summed E-state index contributed by atoms with van der Waals surface area (Å²) in [7, 11) is 0. The van der Waals surface area contributed by atoms with Crippen LogP contribution >= 0.6 is 34.5 Å². The Morgan fingerprint density at radius 1 is 1.15 bits per heavy atom. The number of ether oxygens (including phenoxy) is 1. The molecule has 6 heteroatoms. The number of hydrogen-bond donors (Lipinski definition) is 0. The molecule has 1 aliphatic carbocycles. The third kappa shape index (κ3) is 5.61. The molecule has 0 amide bonds. The van der Waals surface area contributed by atoms with Crippen LogP contribution in [0.15, 0.2) is 47.5 Å². The van der Waals surface area contributed by atoms with Gasteiger partial charge in [-0.1, -0.05) is 50.0 Å². The fourth-order valence-electron chi connectivity index (χ4n) is 4.10. The molecule has 0 spiro atoms. The molecule has 1 aromatic heterocycles. The summed E-state index contributed by atoms with van der Waals surface area (Å²) in [5.74, 6) is 1.40.